The molecule has 0 saturated carbocycles. The fourth-order valence-electron chi connectivity index (χ4n) is 3.90. The van der Waals surface area contributed by atoms with Gasteiger partial charge in [-0.3, -0.25) is 9.69 Å². The van der Waals surface area contributed by atoms with Crippen LogP contribution in [0.15, 0.2) is 58.3 Å². The molecule has 0 unspecified atom stereocenters. The number of nitrogens with one attached hydrogen (secondary N) is 1. The topological polar surface area (TPSA) is 58.6 Å². The molecule has 0 radical (unpaired) electrons. The summed E-state index contributed by atoms with van der Waals surface area (Å²) >= 11 is 1.60. The molecular formula is C30H44N2O3S. The van der Waals surface area contributed by atoms with E-state index in [1.54, 1.807) is 17.8 Å². The molecule has 2 rings (SSSR count). The first-order chi connectivity index (χ1) is 17.6. The Morgan fingerprint density at radius 3 is 2.19 bits per heavy atom. The Labute approximate surface area is 222 Å². The van der Waals surface area contributed by atoms with Crippen LogP contribution in [0.1, 0.15) is 91.4 Å². The lowest BCUT2D eigenvalue weighted by Gasteiger charge is -2.24. The van der Waals surface area contributed by atoms with Crippen LogP contribution < -0.4 is 15.0 Å². The Morgan fingerprint density at radius 1 is 0.806 bits per heavy atom. The number of rotatable bonds is 17. The summed E-state index contributed by atoms with van der Waals surface area (Å²) in [7, 11) is 0. The number of hydrogen-bond donors (Lipinski definition) is 1. The monoisotopic (exact) mass is 512 g/mol. The van der Waals surface area contributed by atoms with E-state index < -0.39 is 0 Å². The number of carbonyl (C=O) groups excluding carboxylic acids is 2. The summed E-state index contributed by atoms with van der Waals surface area (Å²) in [5.41, 5.74) is 0.909. The van der Waals surface area contributed by atoms with E-state index in [4.69, 9.17) is 4.74 Å². The van der Waals surface area contributed by atoms with Crippen molar-refractivity contribution in [3.63, 3.8) is 0 Å². The van der Waals surface area contributed by atoms with Gasteiger partial charge in [0.2, 0.25) is 0 Å². The van der Waals surface area contributed by atoms with E-state index in [0.717, 1.165) is 47.6 Å². The molecule has 0 fully saturated rings. The largest absolute Gasteiger partial charge is 0.426 e. The molecule has 36 heavy (non-hydrogen) atoms. The van der Waals surface area contributed by atoms with Crippen LogP contribution in [-0.4, -0.2) is 25.1 Å². The van der Waals surface area contributed by atoms with Crippen molar-refractivity contribution in [2.45, 2.75) is 101 Å². The number of carbonyl (C=O) groups is 2. The van der Waals surface area contributed by atoms with Gasteiger partial charge in [0.25, 0.3) is 0 Å². The highest BCUT2D eigenvalue weighted by atomic mass is 32.2. The maximum absolute atomic E-state index is 13.1. The highest BCUT2D eigenvalue weighted by molar-refractivity contribution is 7.99. The predicted molar refractivity (Wildman–Crippen MR) is 151 cm³/mol. The van der Waals surface area contributed by atoms with Crippen LogP contribution in [0, 0.1) is 0 Å². The molecule has 0 aliphatic carbocycles. The van der Waals surface area contributed by atoms with E-state index in [1.807, 2.05) is 48.2 Å². The van der Waals surface area contributed by atoms with Gasteiger partial charge in [0, 0.05) is 35.0 Å². The lowest BCUT2D eigenvalue weighted by Crippen LogP contribution is -2.41. The van der Waals surface area contributed by atoms with Gasteiger partial charge in [-0.1, -0.05) is 89.6 Å². The number of urea groups is 1. The Hall–Kier alpha value is -2.47. The first-order valence-electron chi connectivity index (χ1n) is 13.7. The quantitative estimate of drug-likeness (QED) is 0.131. The van der Waals surface area contributed by atoms with Crippen LogP contribution in [0.5, 0.6) is 5.75 Å². The average Bonchev–Trinajstić information content (AvgIpc) is 2.86. The van der Waals surface area contributed by atoms with Gasteiger partial charge in [0.1, 0.15) is 5.75 Å². The van der Waals surface area contributed by atoms with Crippen molar-refractivity contribution in [1.29, 1.82) is 0 Å². The van der Waals surface area contributed by atoms with Crippen molar-refractivity contribution in [2.75, 3.05) is 18.0 Å². The number of anilines is 1. The lowest BCUT2D eigenvalue weighted by atomic mass is 10.1. The molecule has 198 valence electrons. The smallest absolute Gasteiger partial charge is 0.321 e. The first-order valence-corrected chi connectivity index (χ1v) is 14.5. The molecule has 0 atom stereocenters. The molecule has 0 aliphatic heterocycles. The summed E-state index contributed by atoms with van der Waals surface area (Å²) in [6.45, 7) is 7.79. The van der Waals surface area contributed by atoms with Crippen molar-refractivity contribution >= 4 is 29.4 Å². The zero-order valence-corrected chi connectivity index (χ0v) is 23.2. The van der Waals surface area contributed by atoms with Crippen molar-refractivity contribution < 1.29 is 14.3 Å². The summed E-state index contributed by atoms with van der Waals surface area (Å²) in [6.07, 6.45) is 11.5. The van der Waals surface area contributed by atoms with Crippen molar-refractivity contribution in [3.05, 3.63) is 48.5 Å². The van der Waals surface area contributed by atoms with Gasteiger partial charge in [-0.2, -0.15) is 0 Å². The zero-order chi connectivity index (χ0) is 26.0. The van der Waals surface area contributed by atoms with Gasteiger partial charge in [-0.25, -0.2) is 4.79 Å². The van der Waals surface area contributed by atoms with Gasteiger partial charge in [0.15, 0.2) is 0 Å². The van der Waals surface area contributed by atoms with E-state index in [-0.39, 0.29) is 12.0 Å². The zero-order valence-electron chi connectivity index (χ0n) is 22.4. The predicted octanol–water partition coefficient (Wildman–Crippen LogP) is 8.61. The van der Waals surface area contributed by atoms with Gasteiger partial charge in [-0.05, 0) is 55.7 Å². The molecule has 2 aromatic carbocycles. The molecule has 2 amide bonds. The van der Waals surface area contributed by atoms with Crippen molar-refractivity contribution in [2.24, 2.45) is 0 Å². The lowest BCUT2D eigenvalue weighted by molar-refractivity contribution is -0.134. The van der Waals surface area contributed by atoms with Gasteiger partial charge >= 0.3 is 12.0 Å². The first kappa shape index (κ1) is 29.8. The Morgan fingerprint density at radius 2 is 1.47 bits per heavy atom. The number of nitrogens with zero attached hydrogens (tertiary/aromatic N) is 1. The van der Waals surface area contributed by atoms with E-state index in [0.29, 0.717) is 25.3 Å². The average molecular weight is 513 g/mol. The van der Waals surface area contributed by atoms with E-state index in [1.165, 1.54) is 32.1 Å². The molecule has 1 N–H and O–H groups in total. The number of benzene rings is 2. The van der Waals surface area contributed by atoms with E-state index >= 15 is 0 Å². The molecule has 0 spiro atoms. The summed E-state index contributed by atoms with van der Waals surface area (Å²) in [5, 5.41) is 3.13. The fraction of sp³-hybridized carbons (Fsp3) is 0.533. The minimum Gasteiger partial charge on any atom is -0.426 e. The second-order valence-corrected chi connectivity index (χ2v) is 10.3. The van der Waals surface area contributed by atoms with Crippen LogP contribution in [0.3, 0.4) is 0 Å². The minimum atomic E-state index is -0.211. The van der Waals surface area contributed by atoms with E-state index in [2.05, 4.69) is 25.2 Å². The summed E-state index contributed by atoms with van der Waals surface area (Å²) in [4.78, 5) is 28.9. The molecule has 6 heteroatoms. The number of ether oxygens (including phenoxy) is 1. The summed E-state index contributed by atoms with van der Waals surface area (Å²) in [5.74, 6) is 0.350. The molecule has 2 aromatic rings. The van der Waals surface area contributed by atoms with Crippen molar-refractivity contribution in [3.8, 4) is 5.75 Å². The fourth-order valence-corrected chi connectivity index (χ4v) is 4.82. The highest BCUT2D eigenvalue weighted by Gasteiger charge is 2.16. The maximum Gasteiger partial charge on any atom is 0.321 e. The summed E-state index contributed by atoms with van der Waals surface area (Å²) < 4.78 is 5.45. The van der Waals surface area contributed by atoms with Gasteiger partial charge in [-0.15, -0.1) is 0 Å². The molecule has 0 aromatic heterocycles. The summed E-state index contributed by atoms with van der Waals surface area (Å²) in [6, 6.07) is 15.7. The molecule has 0 bridgehead atoms. The molecular weight excluding hydrogens is 468 g/mol. The van der Waals surface area contributed by atoms with Crippen molar-refractivity contribution in [1.82, 2.24) is 5.32 Å². The third-order valence-corrected chi connectivity index (χ3v) is 6.87. The standard InChI is InChI=1S/C30H44N2O3S/c1-4-7-9-11-13-22-32(30(34)31-21-12-10-8-5-2)25-17-14-19-27(23-25)36-28-20-15-18-26(24-28)35-29(33)16-6-3/h14-15,17-20,23-24H,4-13,16,21-22H2,1-3H3,(H,31,34). The third-order valence-electron chi connectivity index (χ3n) is 5.89. The number of esters is 1. The van der Waals surface area contributed by atoms with Crippen LogP contribution >= 0.6 is 11.8 Å². The molecule has 5 nitrogen and oxygen atoms in total. The van der Waals surface area contributed by atoms with Crippen LogP contribution in [0.2, 0.25) is 0 Å². The Bertz CT molecular complexity index is 919. The molecule has 0 aliphatic rings. The normalized spacial score (nSPS) is 10.8. The second-order valence-electron chi connectivity index (χ2n) is 9.16. The maximum atomic E-state index is 13.1. The third kappa shape index (κ3) is 11.5. The minimum absolute atomic E-state index is 0.0195. The number of hydrogen-bond acceptors (Lipinski definition) is 4. The molecule has 0 heterocycles. The van der Waals surface area contributed by atoms with Crippen LogP contribution in [0.25, 0.3) is 0 Å². The van der Waals surface area contributed by atoms with E-state index in [9.17, 15) is 9.59 Å². The Kier molecular flexibility index (Phi) is 14.8. The molecule has 0 saturated heterocycles. The number of amides is 2. The SMILES string of the molecule is CCCCCCCN(C(=O)NCCCCCC)c1cccc(Sc2cccc(OC(=O)CCC)c2)c1. The second kappa shape index (κ2) is 17.9. The van der Waals surface area contributed by atoms with Crippen LogP contribution in [-0.2, 0) is 4.79 Å². The Balaban J connectivity index is 2.08. The van der Waals surface area contributed by atoms with Gasteiger partial charge in [0.05, 0.1) is 0 Å². The van der Waals surface area contributed by atoms with Crippen LogP contribution in [0.4, 0.5) is 10.5 Å². The van der Waals surface area contributed by atoms with Gasteiger partial charge < -0.3 is 10.1 Å². The highest BCUT2D eigenvalue weighted by Crippen LogP contribution is 2.32. The number of unbranched alkanes of at least 4 members (excludes halogenated alkanes) is 7.